The lowest BCUT2D eigenvalue weighted by Gasteiger charge is -2.31. The number of nitrogens with one attached hydrogen (secondary N) is 1. The number of aromatic nitrogens is 3. The Bertz CT molecular complexity index is 1180. The Balaban J connectivity index is 1.61. The molecule has 9 nitrogen and oxygen atoms in total. The Labute approximate surface area is 181 Å². The summed E-state index contributed by atoms with van der Waals surface area (Å²) < 4.78 is 28.5. The summed E-state index contributed by atoms with van der Waals surface area (Å²) in [6, 6.07) is 5.23. The molecule has 0 radical (unpaired) electrons. The first-order valence-corrected chi connectivity index (χ1v) is 9.83. The fraction of sp³-hybridized carbons (Fsp3) is 0.286. The molecule has 3 aromatic heterocycles. The summed E-state index contributed by atoms with van der Waals surface area (Å²) in [5.74, 6) is -2.83. The van der Waals surface area contributed by atoms with Crippen molar-refractivity contribution in [2.24, 2.45) is 5.16 Å². The number of hydrogen-bond donors (Lipinski definition) is 1. The topological polar surface area (TPSA) is 102 Å². The van der Waals surface area contributed by atoms with Crippen LogP contribution in [0.4, 0.5) is 8.78 Å². The molecule has 4 rings (SSSR count). The molecule has 3 aromatic rings. The van der Waals surface area contributed by atoms with Crippen LogP contribution < -0.4 is 5.32 Å². The van der Waals surface area contributed by atoms with Gasteiger partial charge in [-0.25, -0.2) is 13.8 Å². The Kier molecular flexibility index (Phi) is 5.80. The maximum atomic E-state index is 13.4. The molecule has 1 saturated heterocycles. The third-order valence-electron chi connectivity index (χ3n) is 5.21. The van der Waals surface area contributed by atoms with Gasteiger partial charge < -0.3 is 15.1 Å². The summed E-state index contributed by atoms with van der Waals surface area (Å²) >= 11 is 0. The van der Waals surface area contributed by atoms with Gasteiger partial charge in [0.1, 0.15) is 12.8 Å². The fourth-order valence-electron chi connectivity index (χ4n) is 3.57. The molecule has 1 N–H and O–H groups in total. The zero-order chi connectivity index (χ0) is 22.7. The number of halogens is 2. The van der Waals surface area contributed by atoms with Crippen LogP contribution in [0.1, 0.15) is 28.8 Å². The molecule has 0 aliphatic carbocycles. The summed E-state index contributed by atoms with van der Waals surface area (Å²) in [5.41, 5.74) is 2.10. The highest BCUT2D eigenvalue weighted by atomic mass is 19.3. The van der Waals surface area contributed by atoms with Gasteiger partial charge in [0.15, 0.2) is 5.84 Å². The van der Waals surface area contributed by atoms with E-state index in [1.807, 2.05) is 0 Å². The number of carbonyl (C=O) groups is 2. The lowest BCUT2D eigenvalue weighted by atomic mass is 10.1. The predicted octanol–water partition coefficient (Wildman–Crippen LogP) is 2.35. The summed E-state index contributed by atoms with van der Waals surface area (Å²) in [7, 11) is 1.36. The van der Waals surface area contributed by atoms with Crippen molar-refractivity contribution in [3.63, 3.8) is 0 Å². The molecule has 2 amide bonds. The van der Waals surface area contributed by atoms with E-state index in [1.165, 1.54) is 24.4 Å². The number of fused-ring (bicyclic) bond motifs is 1. The first-order chi connectivity index (χ1) is 15.4. The molecular formula is C21H20F2N6O3. The highest BCUT2D eigenvalue weighted by molar-refractivity contribution is 6.03. The third-order valence-corrected chi connectivity index (χ3v) is 5.21. The quantitative estimate of drug-likeness (QED) is 0.283. The number of rotatable bonds is 5. The Hall–Kier alpha value is -3.89. The van der Waals surface area contributed by atoms with Crippen LogP contribution in [0.15, 0.2) is 48.1 Å². The smallest absolute Gasteiger partial charge is 0.255 e. The standard InChI is InChI=1S/C21H20F2N6O3/c1-32-27-18(26-13-30)15-9-17(12-24-10-15)29-5-2-14-8-16(11-25-19(14)29)20(31)28-6-3-21(22,23)4-7-28/h2,5,8-13H,3-4,6-7H2,1H3,(H,26,27,30). The Morgan fingerprint density at radius 3 is 2.72 bits per heavy atom. The van der Waals surface area contributed by atoms with E-state index in [4.69, 9.17) is 4.84 Å². The number of oxime groups is 1. The highest BCUT2D eigenvalue weighted by Gasteiger charge is 2.35. The zero-order valence-corrected chi connectivity index (χ0v) is 17.2. The van der Waals surface area contributed by atoms with Crippen LogP contribution in [0.2, 0.25) is 0 Å². The largest absolute Gasteiger partial charge is 0.397 e. The number of pyridine rings is 2. The molecule has 1 aliphatic rings. The maximum absolute atomic E-state index is 13.4. The van der Waals surface area contributed by atoms with Crippen molar-refractivity contribution >= 4 is 29.2 Å². The van der Waals surface area contributed by atoms with Crippen LogP contribution in [0, 0.1) is 0 Å². The summed E-state index contributed by atoms with van der Waals surface area (Å²) in [6.45, 7) is 0.0348. The molecule has 0 atom stereocenters. The van der Waals surface area contributed by atoms with Gasteiger partial charge in [-0.15, -0.1) is 0 Å². The Morgan fingerprint density at radius 1 is 1.22 bits per heavy atom. The van der Waals surface area contributed by atoms with Crippen molar-refractivity contribution in [1.82, 2.24) is 24.8 Å². The van der Waals surface area contributed by atoms with Crippen LogP contribution in [-0.4, -0.2) is 63.7 Å². The SMILES string of the molecule is CO/N=C(\NC=O)c1cncc(-n2ccc3cc(C(=O)N4CCC(F)(F)CC4)cnc32)c1. The van der Waals surface area contributed by atoms with Crippen LogP contribution in [0.25, 0.3) is 16.7 Å². The minimum atomic E-state index is -2.71. The molecule has 0 spiro atoms. The van der Waals surface area contributed by atoms with E-state index < -0.39 is 5.92 Å². The number of likely N-dealkylation sites (tertiary alicyclic amines) is 1. The number of amides is 2. The molecule has 11 heteroatoms. The van der Waals surface area contributed by atoms with E-state index >= 15 is 0 Å². The van der Waals surface area contributed by atoms with Gasteiger partial charge in [-0.05, 0) is 18.2 Å². The van der Waals surface area contributed by atoms with Gasteiger partial charge in [0.2, 0.25) is 6.41 Å². The molecule has 1 fully saturated rings. The number of hydrogen-bond acceptors (Lipinski definition) is 6. The van der Waals surface area contributed by atoms with Crippen molar-refractivity contribution in [1.29, 1.82) is 0 Å². The first kappa shape index (κ1) is 21.3. The average Bonchev–Trinajstić information content (AvgIpc) is 3.22. The molecule has 166 valence electrons. The van der Waals surface area contributed by atoms with Crippen LogP contribution in [-0.2, 0) is 9.63 Å². The van der Waals surface area contributed by atoms with E-state index in [0.717, 1.165) is 0 Å². The second-order valence-electron chi connectivity index (χ2n) is 7.29. The lowest BCUT2D eigenvalue weighted by Crippen LogP contribution is -2.42. The van der Waals surface area contributed by atoms with Gasteiger partial charge in [-0.1, -0.05) is 5.16 Å². The molecule has 4 heterocycles. The van der Waals surface area contributed by atoms with Crippen molar-refractivity contribution in [2.45, 2.75) is 18.8 Å². The molecule has 0 unspecified atom stereocenters. The maximum Gasteiger partial charge on any atom is 0.255 e. The second-order valence-corrected chi connectivity index (χ2v) is 7.29. The third kappa shape index (κ3) is 4.27. The van der Waals surface area contributed by atoms with Gasteiger partial charge in [0, 0.05) is 55.5 Å². The van der Waals surface area contributed by atoms with Crippen molar-refractivity contribution < 1.29 is 23.2 Å². The van der Waals surface area contributed by atoms with Crippen LogP contribution in [0.3, 0.4) is 0 Å². The molecule has 0 bridgehead atoms. The van der Waals surface area contributed by atoms with E-state index in [2.05, 4.69) is 20.4 Å². The fourth-order valence-corrected chi connectivity index (χ4v) is 3.57. The number of piperidine rings is 1. The normalized spacial score (nSPS) is 16.1. The highest BCUT2D eigenvalue weighted by Crippen LogP contribution is 2.29. The van der Waals surface area contributed by atoms with Crippen LogP contribution >= 0.6 is 0 Å². The van der Waals surface area contributed by atoms with E-state index in [-0.39, 0.29) is 37.7 Å². The number of carbonyl (C=O) groups excluding carboxylic acids is 2. The Morgan fingerprint density at radius 2 is 2.00 bits per heavy atom. The monoisotopic (exact) mass is 442 g/mol. The average molecular weight is 442 g/mol. The van der Waals surface area contributed by atoms with Crippen molar-refractivity contribution in [3.05, 3.63) is 54.1 Å². The van der Waals surface area contributed by atoms with Crippen LogP contribution in [0.5, 0.6) is 0 Å². The summed E-state index contributed by atoms with van der Waals surface area (Å²) in [4.78, 5) is 38.4. The minimum Gasteiger partial charge on any atom is -0.397 e. The van der Waals surface area contributed by atoms with Crippen molar-refractivity contribution in [3.8, 4) is 5.69 Å². The predicted molar refractivity (Wildman–Crippen MR) is 112 cm³/mol. The van der Waals surface area contributed by atoms with Gasteiger partial charge in [0.25, 0.3) is 11.8 Å². The molecule has 0 aromatic carbocycles. The molecule has 0 saturated carbocycles. The minimum absolute atomic E-state index is 0.0174. The molecule has 1 aliphatic heterocycles. The van der Waals surface area contributed by atoms with Gasteiger partial charge in [-0.2, -0.15) is 0 Å². The van der Waals surface area contributed by atoms with E-state index in [0.29, 0.717) is 34.3 Å². The lowest BCUT2D eigenvalue weighted by molar-refractivity contribution is -0.108. The number of amidine groups is 1. The van der Waals surface area contributed by atoms with E-state index in [1.54, 1.807) is 35.2 Å². The summed E-state index contributed by atoms with van der Waals surface area (Å²) in [5, 5.41) is 6.94. The van der Waals surface area contributed by atoms with E-state index in [9.17, 15) is 18.4 Å². The zero-order valence-electron chi connectivity index (χ0n) is 17.2. The second kappa shape index (κ2) is 8.69. The molecular weight excluding hydrogens is 422 g/mol. The number of alkyl halides is 2. The number of nitrogens with zero attached hydrogens (tertiary/aromatic N) is 5. The first-order valence-electron chi connectivity index (χ1n) is 9.83. The molecule has 32 heavy (non-hydrogen) atoms. The van der Waals surface area contributed by atoms with Gasteiger partial charge in [0.05, 0.1) is 17.4 Å². The van der Waals surface area contributed by atoms with Gasteiger partial charge >= 0.3 is 0 Å². The summed E-state index contributed by atoms with van der Waals surface area (Å²) in [6.07, 6.45) is 6.17. The van der Waals surface area contributed by atoms with Gasteiger partial charge in [-0.3, -0.25) is 19.1 Å². The van der Waals surface area contributed by atoms with Crippen molar-refractivity contribution in [2.75, 3.05) is 20.2 Å².